The van der Waals surface area contributed by atoms with Crippen molar-refractivity contribution in [3.05, 3.63) is 23.8 Å². The molecular formula is C16H27N5O. The molecule has 1 aromatic carbocycles. The third kappa shape index (κ3) is 3.69. The summed E-state index contributed by atoms with van der Waals surface area (Å²) >= 11 is 0. The maximum Gasteiger partial charge on any atom is 0.184 e. The van der Waals surface area contributed by atoms with Crippen molar-refractivity contribution in [2.75, 3.05) is 47.2 Å². The summed E-state index contributed by atoms with van der Waals surface area (Å²) in [5.41, 5.74) is 8.49. The van der Waals surface area contributed by atoms with Crippen LogP contribution >= 0.6 is 0 Å². The number of nitrogens with zero attached hydrogens (tertiary/aromatic N) is 3. The Labute approximate surface area is 132 Å². The highest BCUT2D eigenvalue weighted by Gasteiger charge is 2.31. The topological polar surface area (TPSA) is 66.1 Å². The molecule has 1 aliphatic heterocycles. The van der Waals surface area contributed by atoms with Crippen molar-refractivity contribution < 1.29 is 4.74 Å². The molecule has 1 unspecified atom stereocenters. The van der Waals surface area contributed by atoms with Crippen molar-refractivity contribution >= 4 is 11.5 Å². The van der Waals surface area contributed by atoms with Gasteiger partial charge in [0.05, 0.1) is 7.11 Å². The Morgan fingerprint density at radius 3 is 2.59 bits per heavy atom. The molecule has 6 heteroatoms. The zero-order chi connectivity index (χ0) is 16.3. The van der Waals surface area contributed by atoms with Crippen molar-refractivity contribution in [1.29, 1.82) is 0 Å². The molecular weight excluding hydrogens is 278 g/mol. The molecule has 3 N–H and O–H groups in total. The third-order valence-electron chi connectivity index (χ3n) is 3.71. The molecule has 122 valence electrons. The SMILES string of the molecule is COc1ccc2c(c1)C(N(C)C)=NC(N)(CCCN(C)C)N2. The molecule has 0 spiro atoms. The van der Waals surface area contributed by atoms with Crippen LogP contribution in [-0.2, 0) is 0 Å². The number of anilines is 1. The van der Waals surface area contributed by atoms with E-state index in [-0.39, 0.29) is 0 Å². The number of hydrogen-bond donors (Lipinski definition) is 2. The average molecular weight is 305 g/mol. The molecule has 0 radical (unpaired) electrons. The van der Waals surface area contributed by atoms with Crippen LogP contribution in [0.4, 0.5) is 5.69 Å². The molecule has 6 nitrogen and oxygen atoms in total. The lowest BCUT2D eigenvalue weighted by atomic mass is 10.0. The lowest BCUT2D eigenvalue weighted by Gasteiger charge is -2.36. The molecule has 1 aliphatic rings. The van der Waals surface area contributed by atoms with Crippen LogP contribution in [-0.4, -0.2) is 63.3 Å². The second-order valence-electron chi connectivity index (χ2n) is 6.20. The molecule has 0 amide bonds. The molecule has 0 aliphatic carbocycles. The maximum atomic E-state index is 6.48. The fourth-order valence-electron chi connectivity index (χ4n) is 2.58. The van der Waals surface area contributed by atoms with Gasteiger partial charge >= 0.3 is 0 Å². The highest BCUT2D eigenvalue weighted by atomic mass is 16.5. The highest BCUT2D eigenvalue weighted by Crippen LogP contribution is 2.31. The zero-order valence-electron chi connectivity index (χ0n) is 14.2. The van der Waals surface area contributed by atoms with E-state index in [2.05, 4.69) is 24.3 Å². The van der Waals surface area contributed by atoms with Gasteiger partial charge in [-0.1, -0.05) is 0 Å². The molecule has 0 fully saturated rings. The second-order valence-corrected chi connectivity index (χ2v) is 6.20. The number of methoxy groups -OCH3 is 1. The molecule has 0 bridgehead atoms. The van der Waals surface area contributed by atoms with Crippen molar-refractivity contribution in [3.63, 3.8) is 0 Å². The molecule has 1 aromatic rings. The van der Waals surface area contributed by atoms with Gasteiger partial charge in [0.25, 0.3) is 0 Å². The minimum Gasteiger partial charge on any atom is -0.497 e. The molecule has 2 rings (SSSR count). The summed E-state index contributed by atoms with van der Waals surface area (Å²) in [6.07, 6.45) is 1.75. The van der Waals surface area contributed by atoms with Crippen LogP contribution in [0.15, 0.2) is 23.2 Å². The van der Waals surface area contributed by atoms with Gasteiger partial charge in [-0.05, 0) is 45.3 Å². The van der Waals surface area contributed by atoms with E-state index in [9.17, 15) is 0 Å². The first kappa shape index (κ1) is 16.6. The van der Waals surface area contributed by atoms with Gasteiger partial charge < -0.3 is 19.9 Å². The van der Waals surface area contributed by atoms with Gasteiger partial charge in [-0.25, -0.2) is 4.99 Å². The summed E-state index contributed by atoms with van der Waals surface area (Å²) < 4.78 is 5.31. The van der Waals surface area contributed by atoms with Crippen LogP contribution in [0.2, 0.25) is 0 Å². The summed E-state index contributed by atoms with van der Waals surface area (Å²) in [4.78, 5) is 8.91. The van der Waals surface area contributed by atoms with E-state index in [1.54, 1.807) is 7.11 Å². The monoisotopic (exact) mass is 305 g/mol. The van der Waals surface area contributed by atoms with Crippen molar-refractivity contribution in [2.24, 2.45) is 10.7 Å². The molecule has 0 aromatic heterocycles. The van der Waals surface area contributed by atoms with Crippen molar-refractivity contribution in [1.82, 2.24) is 9.80 Å². The quantitative estimate of drug-likeness (QED) is 0.860. The molecule has 1 heterocycles. The predicted octanol–water partition coefficient (Wildman–Crippen LogP) is 1.38. The number of aliphatic imine (C=N–C) groups is 1. The number of amidine groups is 1. The predicted molar refractivity (Wildman–Crippen MR) is 91.5 cm³/mol. The van der Waals surface area contributed by atoms with E-state index >= 15 is 0 Å². The molecule has 1 atom stereocenters. The fourth-order valence-corrected chi connectivity index (χ4v) is 2.58. The molecule has 22 heavy (non-hydrogen) atoms. The number of rotatable bonds is 5. The van der Waals surface area contributed by atoms with E-state index in [1.165, 1.54) is 0 Å². The van der Waals surface area contributed by atoms with Gasteiger partial charge in [0.1, 0.15) is 11.6 Å². The summed E-state index contributed by atoms with van der Waals surface area (Å²) in [5, 5.41) is 3.37. The number of benzene rings is 1. The van der Waals surface area contributed by atoms with Crippen LogP contribution in [0.3, 0.4) is 0 Å². The molecule has 0 saturated carbocycles. The largest absolute Gasteiger partial charge is 0.497 e. The summed E-state index contributed by atoms with van der Waals surface area (Å²) in [6, 6.07) is 5.92. The van der Waals surface area contributed by atoms with Crippen LogP contribution in [0, 0.1) is 0 Å². The van der Waals surface area contributed by atoms with Gasteiger partial charge in [0.15, 0.2) is 5.79 Å². The van der Waals surface area contributed by atoms with Crippen molar-refractivity contribution in [2.45, 2.75) is 18.6 Å². The Morgan fingerprint density at radius 1 is 1.27 bits per heavy atom. The Kier molecular flexibility index (Phi) is 4.93. The van der Waals surface area contributed by atoms with Crippen molar-refractivity contribution in [3.8, 4) is 5.75 Å². The van der Waals surface area contributed by atoms with E-state index in [1.807, 2.05) is 37.2 Å². The summed E-state index contributed by atoms with van der Waals surface area (Å²) in [5.74, 6) is 0.921. The van der Waals surface area contributed by atoms with E-state index in [4.69, 9.17) is 15.5 Å². The third-order valence-corrected chi connectivity index (χ3v) is 3.71. The number of ether oxygens (including phenoxy) is 1. The number of hydrogen-bond acceptors (Lipinski definition) is 6. The standard InChI is InChI=1S/C16H27N5O/c1-20(2)10-6-9-16(17)18-14-8-7-12(22-5)11-13(14)15(19-16)21(3)4/h7-8,11,18H,6,9-10,17H2,1-5H3. The summed E-state index contributed by atoms with van der Waals surface area (Å²) in [7, 11) is 9.75. The first-order valence-electron chi connectivity index (χ1n) is 7.52. The van der Waals surface area contributed by atoms with E-state index < -0.39 is 5.79 Å². The van der Waals surface area contributed by atoms with E-state index in [0.717, 1.165) is 42.2 Å². The summed E-state index contributed by atoms with van der Waals surface area (Å²) in [6.45, 7) is 0.989. The lowest BCUT2D eigenvalue weighted by Crippen LogP contribution is -2.51. The molecule has 0 saturated heterocycles. The minimum atomic E-state index is -0.767. The van der Waals surface area contributed by atoms with Crippen LogP contribution in [0.1, 0.15) is 18.4 Å². The Balaban J connectivity index is 2.29. The normalized spacial score (nSPS) is 20.2. The lowest BCUT2D eigenvalue weighted by molar-refractivity contribution is 0.356. The minimum absolute atomic E-state index is 0.767. The Bertz CT molecular complexity index is 555. The first-order valence-corrected chi connectivity index (χ1v) is 7.52. The van der Waals surface area contributed by atoms with Gasteiger partial charge in [0.2, 0.25) is 0 Å². The number of nitrogens with one attached hydrogen (secondary N) is 1. The maximum absolute atomic E-state index is 6.48. The average Bonchev–Trinajstić information content (AvgIpc) is 2.45. The van der Waals surface area contributed by atoms with Crippen LogP contribution in [0.25, 0.3) is 0 Å². The Hall–Kier alpha value is -1.79. The van der Waals surface area contributed by atoms with Gasteiger partial charge in [-0.2, -0.15) is 0 Å². The van der Waals surface area contributed by atoms with Crippen LogP contribution < -0.4 is 15.8 Å². The van der Waals surface area contributed by atoms with E-state index in [0.29, 0.717) is 0 Å². The smallest absolute Gasteiger partial charge is 0.184 e. The van der Waals surface area contributed by atoms with Gasteiger partial charge in [0, 0.05) is 31.8 Å². The van der Waals surface area contributed by atoms with Gasteiger partial charge in [-0.15, -0.1) is 0 Å². The highest BCUT2D eigenvalue weighted by molar-refractivity contribution is 6.05. The Morgan fingerprint density at radius 2 is 2.00 bits per heavy atom. The van der Waals surface area contributed by atoms with Gasteiger partial charge in [-0.3, -0.25) is 5.73 Å². The number of nitrogens with two attached hydrogens (primary N) is 1. The zero-order valence-corrected chi connectivity index (χ0v) is 14.2. The van der Waals surface area contributed by atoms with Crippen LogP contribution in [0.5, 0.6) is 5.75 Å². The first-order chi connectivity index (χ1) is 10.3. The number of fused-ring (bicyclic) bond motifs is 1. The fraction of sp³-hybridized carbons (Fsp3) is 0.562. The second kappa shape index (κ2) is 6.54.